The monoisotopic (exact) mass is 219 g/mol. The van der Waals surface area contributed by atoms with Crippen LogP contribution in [0, 0.1) is 11.8 Å². The van der Waals surface area contributed by atoms with E-state index < -0.39 is 0 Å². The Labute approximate surface area is 92.4 Å². The molecule has 0 bridgehead atoms. The van der Waals surface area contributed by atoms with Gasteiger partial charge < -0.3 is 5.32 Å². The molecule has 1 amide bonds. The Morgan fingerprint density at radius 3 is 2.36 bits per heavy atom. The van der Waals surface area contributed by atoms with Gasteiger partial charge in [-0.25, -0.2) is 0 Å². The first-order valence-corrected chi connectivity index (χ1v) is 5.92. The van der Waals surface area contributed by atoms with E-state index in [0.29, 0.717) is 11.8 Å². The molecule has 0 aliphatic carbocycles. The lowest BCUT2D eigenvalue weighted by molar-refractivity contribution is -0.125. The predicted molar refractivity (Wildman–Crippen MR) is 61.6 cm³/mol. The molecule has 0 aromatic rings. The normalized spacial score (nSPS) is 17.2. The summed E-state index contributed by atoms with van der Waals surface area (Å²) in [6, 6.07) is 0.166. The second kappa shape index (κ2) is 7.10. The lowest BCUT2D eigenvalue weighted by Gasteiger charge is -2.21. The zero-order valence-electron chi connectivity index (χ0n) is 9.64. The van der Waals surface area contributed by atoms with Crippen molar-refractivity contribution in [1.82, 2.24) is 5.32 Å². The maximum atomic E-state index is 11.6. The molecule has 3 heteroatoms. The summed E-state index contributed by atoms with van der Waals surface area (Å²) in [5.41, 5.74) is 0. The lowest BCUT2D eigenvalue weighted by atomic mass is 10.0. The van der Waals surface area contributed by atoms with Crippen molar-refractivity contribution in [3.05, 3.63) is 0 Å². The number of hydrogen-bond donors (Lipinski definition) is 1. The van der Waals surface area contributed by atoms with E-state index in [2.05, 4.69) is 12.2 Å². The third kappa shape index (κ3) is 4.85. The average Bonchev–Trinajstić information content (AvgIpc) is 2.16. The highest BCUT2D eigenvalue weighted by Crippen LogP contribution is 2.08. The summed E-state index contributed by atoms with van der Waals surface area (Å²) in [4.78, 5) is 11.6. The summed E-state index contributed by atoms with van der Waals surface area (Å²) in [5, 5.41) is 2.99. The first-order chi connectivity index (χ1) is 6.52. The third-order valence-corrected chi connectivity index (χ3v) is 3.12. The Balaban J connectivity index is 3.92. The van der Waals surface area contributed by atoms with Crippen molar-refractivity contribution in [2.24, 2.45) is 11.8 Å². The molecule has 84 valence electrons. The number of hydrogen-bond acceptors (Lipinski definition) is 1. The van der Waals surface area contributed by atoms with Gasteiger partial charge in [-0.3, -0.25) is 4.79 Å². The highest BCUT2D eigenvalue weighted by atomic mass is 35.5. The molecule has 0 saturated heterocycles. The topological polar surface area (TPSA) is 29.1 Å². The van der Waals surface area contributed by atoms with Crippen molar-refractivity contribution >= 4 is 17.5 Å². The Morgan fingerprint density at radius 1 is 1.36 bits per heavy atom. The van der Waals surface area contributed by atoms with Gasteiger partial charge in [0.05, 0.1) is 0 Å². The van der Waals surface area contributed by atoms with E-state index >= 15 is 0 Å². The van der Waals surface area contributed by atoms with E-state index in [9.17, 15) is 4.79 Å². The van der Waals surface area contributed by atoms with Crippen molar-refractivity contribution in [2.75, 3.05) is 5.88 Å². The molecule has 3 atom stereocenters. The Bertz CT molecular complexity index is 173. The number of alkyl halides is 1. The van der Waals surface area contributed by atoms with Crippen molar-refractivity contribution in [1.29, 1.82) is 0 Å². The van der Waals surface area contributed by atoms with E-state index in [0.717, 1.165) is 12.8 Å². The number of carbonyl (C=O) groups is 1. The molecule has 0 radical (unpaired) electrons. The SMILES string of the molecule is CCCC(C)C(=O)NC(C)C(C)CCl. The summed E-state index contributed by atoms with van der Waals surface area (Å²) in [6.45, 7) is 8.11. The van der Waals surface area contributed by atoms with Gasteiger partial charge in [0, 0.05) is 17.8 Å². The summed E-state index contributed by atoms with van der Waals surface area (Å²) in [6.07, 6.45) is 2.00. The Morgan fingerprint density at radius 2 is 1.93 bits per heavy atom. The van der Waals surface area contributed by atoms with E-state index in [-0.39, 0.29) is 17.9 Å². The molecular weight excluding hydrogens is 198 g/mol. The summed E-state index contributed by atoms with van der Waals surface area (Å²) in [7, 11) is 0. The van der Waals surface area contributed by atoms with Gasteiger partial charge >= 0.3 is 0 Å². The Hall–Kier alpha value is -0.240. The van der Waals surface area contributed by atoms with Crippen molar-refractivity contribution < 1.29 is 4.79 Å². The fourth-order valence-corrected chi connectivity index (χ4v) is 1.47. The molecule has 3 unspecified atom stereocenters. The highest BCUT2D eigenvalue weighted by Gasteiger charge is 2.17. The molecule has 0 heterocycles. The van der Waals surface area contributed by atoms with E-state index in [4.69, 9.17) is 11.6 Å². The van der Waals surface area contributed by atoms with Gasteiger partial charge in [-0.1, -0.05) is 27.2 Å². The molecule has 0 spiro atoms. The van der Waals surface area contributed by atoms with Crippen LogP contribution in [0.4, 0.5) is 0 Å². The molecule has 0 aromatic heterocycles. The molecule has 1 N–H and O–H groups in total. The van der Waals surface area contributed by atoms with Crippen LogP contribution in [0.2, 0.25) is 0 Å². The summed E-state index contributed by atoms with van der Waals surface area (Å²) < 4.78 is 0. The van der Waals surface area contributed by atoms with E-state index in [1.54, 1.807) is 0 Å². The standard InChI is InChI=1S/C11H22ClNO/c1-5-6-8(2)11(14)13-10(4)9(3)7-12/h8-10H,5-7H2,1-4H3,(H,13,14). The van der Waals surface area contributed by atoms with Crippen LogP contribution in [0.25, 0.3) is 0 Å². The lowest BCUT2D eigenvalue weighted by Crippen LogP contribution is -2.40. The maximum Gasteiger partial charge on any atom is 0.223 e. The molecule has 2 nitrogen and oxygen atoms in total. The quantitative estimate of drug-likeness (QED) is 0.684. The first-order valence-electron chi connectivity index (χ1n) is 5.39. The fraction of sp³-hybridized carbons (Fsp3) is 0.909. The molecule has 0 rings (SSSR count). The largest absolute Gasteiger partial charge is 0.353 e. The molecular formula is C11H22ClNO. The van der Waals surface area contributed by atoms with Crippen LogP contribution in [-0.4, -0.2) is 17.8 Å². The number of nitrogens with one attached hydrogen (secondary N) is 1. The van der Waals surface area contributed by atoms with Crippen molar-refractivity contribution in [2.45, 2.75) is 46.6 Å². The molecule has 0 fully saturated rings. The second-order valence-electron chi connectivity index (χ2n) is 4.12. The molecule has 0 aliphatic heterocycles. The number of amides is 1. The third-order valence-electron chi connectivity index (χ3n) is 2.64. The summed E-state index contributed by atoms with van der Waals surface area (Å²) in [5.74, 6) is 1.18. The Kier molecular flexibility index (Phi) is 6.98. The average molecular weight is 220 g/mol. The van der Waals surface area contributed by atoms with Gasteiger partial charge in [0.25, 0.3) is 0 Å². The van der Waals surface area contributed by atoms with Crippen LogP contribution in [-0.2, 0) is 4.79 Å². The number of halogens is 1. The maximum absolute atomic E-state index is 11.6. The minimum absolute atomic E-state index is 0.116. The zero-order chi connectivity index (χ0) is 11.1. The van der Waals surface area contributed by atoms with E-state index in [1.165, 1.54) is 0 Å². The first kappa shape index (κ1) is 13.8. The molecule has 0 aromatic carbocycles. The van der Waals surface area contributed by atoms with Crippen LogP contribution in [0.5, 0.6) is 0 Å². The number of rotatable bonds is 6. The smallest absolute Gasteiger partial charge is 0.223 e. The molecule has 14 heavy (non-hydrogen) atoms. The summed E-state index contributed by atoms with van der Waals surface area (Å²) >= 11 is 5.72. The van der Waals surface area contributed by atoms with Crippen LogP contribution < -0.4 is 5.32 Å². The van der Waals surface area contributed by atoms with Crippen LogP contribution >= 0.6 is 11.6 Å². The van der Waals surface area contributed by atoms with Crippen molar-refractivity contribution in [3.8, 4) is 0 Å². The molecule has 0 aliphatic rings. The highest BCUT2D eigenvalue weighted by molar-refractivity contribution is 6.18. The van der Waals surface area contributed by atoms with Gasteiger partial charge in [0.2, 0.25) is 5.91 Å². The zero-order valence-corrected chi connectivity index (χ0v) is 10.4. The van der Waals surface area contributed by atoms with Crippen LogP contribution in [0.15, 0.2) is 0 Å². The van der Waals surface area contributed by atoms with Gasteiger partial charge in [-0.05, 0) is 19.3 Å². The van der Waals surface area contributed by atoms with Gasteiger partial charge in [0.1, 0.15) is 0 Å². The fourth-order valence-electron chi connectivity index (χ4n) is 1.21. The van der Waals surface area contributed by atoms with Gasteiger partial charge in [-0.2, -0.15) is 0 Å². The van der Waals surface area contributed by atoms with Crippen LogP contribution in [0.1, 0.15) is 40.5 Å². The predicted octanol–water partition coefficient (Wildman–Crippen LogP) is 2.80. The van der Waals surface area contributed by atoms with Crippen molar-refractivity contribution in [3.63, 3.8) is 0 Å². The van der Waals surface area contributed by atoms with E-state index in [1.807, 2.05) is 20.8 Å². The van der Waals surface area contributed by atoms with Crippen LogP contribution in [0.3, 0.4) is 0 Å². The second-order valence-corrected chi connectivity index (χ2v) is 4.43. The number of carbonyl (C=O) groups excluding carboxylic acids is 1. The molecule has 0 saturated carbocycles. The minimum atomic E-state index is 0.116. The minimum Gasteiger partial charge on any atom is -0.353 e. The van der Waals surface area contributed by atoms with Gasteiger partial charge in [-0.15, -0.1) is 11.6 Å². The van der Waals surface area contributed by atoms with Gasteiger partial charge in [0.15, 0.2) is 0 Å².